The van der Waals surface area contributed by atoms with Crippen molar-refractivity contribution in [3.63, 3.8) is 0 Å². The van der Waals surface area contributed by atoms with E-state index >= 15 is 0 Å². The highest BCUT2D eigenvalue weighted by molar-refractivity contribution is 5.67. The average Bonchev–Trinajstić information content (AvgIpc) is 2.75. The lowest BCUT2D eigenvalue weighted by Crippen LogP contribution is -2.42. The quantitative estimate of drug-likeness (QED) is 0.663. The van der Waals surface area contributed by atoms with Crippen LogP contribution in [0.2, 0.25) is 0 Å². The Morgan fingerprint density at radius 3 is 2.25 bits per heavy atom. The Kier molecular flexibility index (Phi) is 6.91. The summed E-state index contributed by atoms with van der Waals surface area (Å²) < 4.78 is 11.4. The molecule has 2 aromatic carbocycles. The van der Waals surface area contributed by atoms with Crippen LogP contribution in [0.5, 0.6) is 5.75 Å². The number of piperidine rings is 1. The summed E-state index contributed by atoms with van der Waals surface area (Å²) >= 11 is 0. The molecule has 1 heterocycles. The van der Waals surface area contributed by atoms with E-state index in [1.54, 1.807) is 4.90 Å². The van der Waals surface area contributed by atoms with Gasteiger partial charge in [0, 0.05) is 25.9 Å². The number of hydrogen-bond acceptors (Lipinski definition) is 4. The molecule has 1 saturated heterocycles. The van der Waals surface area contributed by atoms with Crippen molar-refractivity contribution >= 4 is 6.09 Å². The summed E-state index contributed by atoms with van der Waals surface area (Å²) in [6.07, 6.45) is 3.44. The van der Waals surface area contributed by atoms with Crippen molar-refractivity contribution in [2.75, 3.05) is 19.7 Å². The zero-order valence-electron chi connectivity index (χ0n) is 16.3. The Hall–Kier alpha value is -3.00. The lowest BCUT2D eigenvalue weighted by atomic mass is 10.0. The topological polar surface area (TPSA) is 62.6 Å². The van der Waals surface area contributed by atoms with Crippen LogP contribution in [-0.2, 0) is 4.74 Å². The summed E-state index contributed by atoms with van der Waals surface area (Å²) in [6.45, 7) is 3.91. The third kappa shape index (κ3) is 5.26. The van der Waals surface area contributed by atoms with E-state index in [2.05, 4.69) is 13.0 Å². The van der Waals surface area contributed by atoms with Crippen LogP contribution in [0.1, 0.15) is 38.2 Å². The fourth-order valence-corrected chi connectivity index (χ4v) is 3.21. The molecule has 0 N–H and O–H groups in total. The number of carbonyl (C=O) groups is 1. The van der Waals surface area contributed by atoms with Crippen LogP contribution < -0.4 is 4.74 Å². The average molecular weight is 378 g/mol. The van der Waals surface area contributed by atoms with Crippen molar-refractivity contribution in [2.45, 2.75) is 38.7 Å². The summed E-state index contributed by atoms with van der Waals surface area (Å²) in [7, 11) is 0. The minimum atomic E-state index is -0.210. The predicted octanol–water partition coefficient (Wildman–Crippen LogP) is 5.01. The fraction of sp³-hybridized carbons (Fsp3) is 0.391. The Morgan fingerprint density at radius 1 is 1.07 bits per heavy atom. The molecule has 0 saturated carbocycles. The standard InChI is InChI=1S/C23H26N2O3/c1-2-3-16-27-23(26)25-14-12-22(13-15-25)28-21-10-8-20(9-11-21)19-6-4-18(17-24)5-7-19/h4-11,22H,2-3,12-16H2,1H3. The number of rotatable bonds is 6. The SMILES string of the molecule is CCCCOC(=O)N1CCC(Oc2ccc(-c3ccc(C#N)cc3)cc2)CC1. The van der Waals surface area contributed by atoms with Crippen LogP contribution in [0.25, 0.3) is 11.1 Å². The Morgan fingerprint density at radius 2 is 1.68 bits per heavy atom. The normalized spacial score (nSPS) is 14.4. The molecule has 0 unspecified atom stereocenters. The molecule has 146 valence electrons. The van der Waals surface area contributed by atoms with Crippen LogP contribution in [0.4, 0.5) is 4.79 Å². The van der Waals surface area contributed by atoms with Crippen LogP contribution in [0.15, 0.2) is 48.5 Å². The van der Waals surface area contributed by atoms with Gasteiger partial charge in [0.05, 0.1) is 18.2 Å². The zero-order chi connectivity index (χ0) is 19.8. The van der Waals surface area contributed by atoms with E-state index < -0.39 is 0 Å². The van der Waals surface area contributed by atoms with Crippen LogP contribution in [0.3, 0.4) is 0 Å². The number of unbranched alkanes of at least 4 members (excludes halogenated alkanes) is 1. The van der Waals surface area contributed by atoms with Crippen molar-refractivity contribution in [3.05, 3.63) is 54.1 Å². The summed E-state index contributed by atoms with van der Waals surface area (Å²) in [4.78, 5) is 13.8. The summed E-state index contributed by atoms with van der Waals surface area (Å²) in [5.74, 6) is 0.835. The number of hydrogen-bond donors (Lipinski definition) is 0. The van der Waals surface area contributed by atoms with Crippen molar-refractivity contribution in [1.82, 2.24) is 4.90 Å². The molecule has 0 aromatic heterocycles. The van der Waals surface area contributed by atoms with E-state index in [1.807, 2.05) is 48.5 Å². The summed E-state index contributed by atoms with van der Waals surface area (Å²) in [5, 5.41) is 8.89. The van der Waals surface area contributed by atoms with Gasteiger partial charge < -0.3 is 14.4 Å². The maximum atomic E-state index is 12.0. The molecule has 5 heteroatoms. The van der Waals surface area contributed by atoms with Crippen molar-refractivity contribution in [1.29, 1.82) is 5.26 Å². The molecule has 3 rings (SSSR count). The van der Waals surface area contributed by atoms with E-state index in [0.717, 1.165) is 42.6 Å². The molecule has 0 aliphatic carbocycles. The highest BCUT2D eigenvalue weighted by Crippen LogP contribution is 2.25. The van der Waals surface area contributed by atoms with Crippen molar-refractivity contribution in [3.8, 4) is 22.9 Å². The maximum absolute atomic E-state index is 12.0. The van der Waals surface area contributed by atoms with Gasteiger partial charge in [0.1, 0.15) is 11.9 Å². The third-order valence-corrected chi connectivity index (χ3v) is 4.93. The van der Waals surface area contributed by atoms with E-state index in [1.165, 1.54) is 0 Å². The molecule has 1 aliphatic rings. The number of carbonyl (C=O) groups excluding carboxylic acids is 1. The molecule has 5 nitrogen and oxygen atoms in total. The molecule has 1 amide bonds. The molecule has 2 aromatic rings. The van der Waals surface area contributed by atoms with Gasteiger partial charge in [-0.2, -0.15) is 5.26 Å². The first-order valence-electron chi connectivity index (χ1n) is 9.88. The molecule has 1 aliphatic heterocycles. The molecule has 1 fully saturated rings. The molecular formula is C23H26N2O3. The minimum Gasteiger partial charge on any atom is -0.490 e. The van der Waals surface area contributed by atoms with E-state index in [4.69, 9.17) is 14.7 Å². The third-order valence-electron chi connectivity index (χ3n) is 4.93. The number of amides is 1. The zero-order valence-corrected chi connectivity index (χ0v) is 16.3. The lowest BCUT2D eigenvalue weighted by molar-refractivity contribution is 0.0670. The number of ether oxygens (including phenoxy) is 2. The number of likely N-dealkylation sites (tertiary alicyclic amines) is 1. The number of benzene rings is 2. The van der Waals surface area contributed by atoms with Gasteiger partial charge in [-0.15, -0.1) is 0 Å². The first kappa shape index (κ1) is 19.8. The summed E-state index contributed by atoms with van der Waals surface area (Å²) in [5.41, 5.74) is 2.81. The molecule has 0 radical (unpaired) electrons. The Balaban J connectivity index is 1.48. The second-order valence-electron chi connectivity index (χ2n) is 6.99. The van der Waals surface area contributed by atoms with Crippen molar-refractivity contribution < 1.29 is 14.3 Å². The highest BCUT2D eigenvalue weighted by atomic mass is 16.6. The fourth-order valence-electron chi connectivity index (χ4n) is 3.21. The molecule has 28 heavy (non-hydrogen) atoms. The van der Waals surface area contributed by atoms with Crippen molar-refractivity contribution in [2.24, 2.45) is 0 Å². The Bertz CT molecular complexity index is 801. The maximum Gasteiger partial charge on any atom is 0.409 e. The van der Waals surface area contributed by atoms with Gasteiger partial charge in [0.2, 0.25) is 0 Å². The van der Waals surface area contributed by atoms with Gasteiger partial charge >= 0.3 is 6.09 Å². The van der Waals surface area contributed by atoms with Gasteiger partial charge in [-0.25, -0.2) is 4.79 Å². The molecule has 0 spiro atoms. The predicted molar refractivity (Wildman–Crippen MR) is 108 cm³/mol. The minimum absolute atomic E-state index is 0.112. The van der Waals surface area contributed by atoms with Gasteiger partial charge in [0.15, 0.2) is 0 Å². The monoisotopic (exact) mass is 378 g/mol. The van der Waals surface area contributed by atoms with Gasteiger partial charge in [-0.1, -0.05) is 37.6 Å². The second-order valence-corrected chi connectivity index (χ2v) is 6.99. The Labute approximate surface area is 166 Å². The first-order valence-corrected chi connectivity index (χ1v) is 9.88. The van der Waals surface area contributed by atoms with E-state index in [-0.39, 0.29) is 12.2 Å². The van der Waals surface area contributed by atoms with Crippen LogP contribution in [-0.4, -0.2) is 36.8 Å². The lowest BCUT2D eigenvalue weighted by Gasteiger charge is -2.31. The van der Waals surface area contributed by atoms with Crippen LogP contribution in [0, 0.1) is 11.3 Å². The summed E-state index contributed by atoms with van der Waals surface area (Å²) in [6, 6.07) is 17.7. The molecule has 0 bridgehead atoms. The second kappa shape index (κ2) is 9.80. The van der Waals surface area contributed by atoms with Gasteiger partial charge in [-0.3, -0.25) is 0 Å². The number of nitriles is 1. The van der Waals surface area contributed by atoms with Gasteiger partial charge in [0.25, 0.3) is 0 Å². The highest BCUT2D eigenvalue weighted by Gasteiger charge is 2.24. The smallest absolute Gasteiger partial charge is 0.409 e. The van der Waals surface area contributed by atoms with Crippen LogP contribution >= 0.6 is 0 Å². The molecule has 0 atom stereocenters. The number of nitrogens with zero attached hydrogens (tertiary/aromatic N) is 2. The molecular weight excluding hydrogens is 352 g/mol. The van der Waals surface area contributed by atoms with Gasteiger partial charge in [-0.05, 0) is 41.8 Å². The largest absolute Gasteiger partial charge is 0.490 e. The first-order chi connectivity index (χ1) is 13.7. The van der Waals surface area contributed by atoms with E-state index in [9.17, 15) is 4.79 Å². The van der Waals surface area contributed by atoms with E-state index in [0.29, 0.717) is 25.3 Å².